The van der Waals surface area contributed by atoms with Gasteiger partial charge in [0.2, 0.25) is 17.8 Å². The molecule has 5 rings (SSSR count). The fraction of sp³-hybridized carbons (Fsp3) is 0.409. The molecule has 2 aliphatic rings. The Kier molecular flexibility index (Phi) is 5.71. The van der Waals surface area contributed by atoms with Crippen LogP contribution < -0.4 is 15.0 Å². The van der Waals surface area contributed by atoms with Crippen LogP contribution in [0.5, 0.6) is 0 Å². The Morgan fingerprint density at radius 1 is 1.16 bits per heavy atom. The summed E-state index contributed by atoms with van der Waals surface area (Å²) in [7, 11) is 0. The molecule has 0 radical (unpaired) electrons. The van der Waals surface area contributed by atoms with E-state index in [9.17, 15) is 4.79 Å². The first-order valence-corrected chi connectivity index (χ1v) is 11.6. The zero-order valence-electron chi connectivity index (χ0n) is 17.9. The van der Waals surface area contributed by atoms with Crippen molar-refractivity contribution < 1.29 is 9.53 Å². The highest BCUT2D eigenvalue weighted by molar-refractivity contribution is 7.09. The van der Waals surface area contributed by atoms with Gasteiger partial charge in [-0.05, 0) is 37.5 Å². The van der Waals surface area contributed by atoms with Crippen LogP contribution in [0.3, 0.4) is 0 Å². The van der Waals surface area contributed by atoms with E-state index in [0.29, 0.717) is 42.2 Å². The van der Waals surface area contributed by atoms with Crippen molar-refractivity contribution in [1.29, 1.82) is 5.41 Å². The van der Waals surface area contributed by atoms with Gasteiger partial charge in [-0.25, -0.2) is 0 Å². The molecule has 1 amide bonds. The molecule has 0 atom stereocenters. The maximum absolute atomic E-state index is 12.0. The van der Waals surface area contributed by atoms with Crippen LogP contribution in [-0.4, -0.2) is 51.7 Å². The third kappa shape index (κ3) is 4.71. The summed E-state index contributed by atoms with van der Waals surface area (Å²) >= 11 is 1.39. The van der Waals surface area contributed by atoms with E-state index in [-0.39, 0.29) is 11.8 Å². The predicted octanol–water partition coefficient (Wildman–Crippen LogP) is 2.29. The number of rotatable bonds is 6. The van der Waals surface area contributed by atoms with Gasteiger partial charge in [-0.2, -0.15) is 15.0 Å². The molecule has 1 aliphatic carbocycles. The Balaban J connectivity index is 1.41. The van der Waals surface area contributed by atoms with Crippen molar-refractivity contribution in [3.8, 4) is 5.95 Å². The summed E-state index contributed by atoms with van der Waals surface area (Å²) in [6.07, 6.45) is 4.38. The Morgan fingerprint density at radius 3 is 2.53 bits per heavy atom. The first-order chi connectivity index (χ1) is 15.5. The van der Waals surface area contributed by atoms with Gasteiger partial charge < -0.3 is 15.0 Å². The summed E-state index contributed by atoms with van der Waals surface area (Å²) < 4.78 is 7.17. The number of amides is 1. The van der Waals surface area contributed by atoms with Gasteiger partial charge in [-0.1, -0.05) is 12.1 Å². The van der Waals surface area contributed by atoms with Crippen LogP contribution in [0.15, 0.2) is 30.5 Å². The second-order valence-electron chi connectivity index (χ2n) is 8.11. The fourth-order valence-electron chi connectivity index (χ4n) is 3.58. The Hall–Kier alpha value is -3.11. The second-order valence-corrected chi connectivity index (χ2v) is 9.34. The topological polar surface area (TPSA) is 109 Å². The monoisotopic (exact) mass is 451 g/mol. The van der Waals surface area contributed by atoms with Crippen molar-refractivity contribution in [3.05, 3.63) is 51.5 Å². The maximum Gasteiger partial charge on any atom is 0.241 e. The summed E-state index contributed by atoms with van der Waals surface area (Å²) in [5.74, 6) is 1.99. The number of anilines is 2. The predicted molar refractivity (Wildman–Crippen MR) is 121 cm³/mol. The standard InChI is InChI=1S/C22H25N7O2S/c1-14-13-29(20(23)32-14)22-26-18(25-21(27-22)28-8-10-31-11-9-28)12-15-2-6-17(7-3-15)24-19(30)16-4-5-16/h2-3,6-7,13,16,23H,4-5,8-12H2,1H3,(H,24,30). The minimum atomic E-state index is 0.101. The molecule has 1 aliphatic heterocycles. The summed E-state index contributed by atoms with van der Waals surface area (Å²) in [4.78, 5) is 29.5. The zero-order chi connectivity index (χ0) is 22.1. The number of ether oxygens (including phenoxy) is 1. The van der Waals surface area contributed by atoms with Crippen LogP contribution in [0, 0.1) is 18.3 Å². The van der Waals surface area contributed by atoms with E-state index in [0.717, 1.165) is 42.1 Å². The highest BCUT2D eigenvalue weighted by Crippen LogP contribution is 2.30. The smallest absolute Gasteiger partial charge is 0.241 e. The van der Waals surface area contributed by atoms with Gasteiger partial charge in [0.05, 0.1) is 13.2 Å². The maximum atomic E-state index is 12.0. The van der Waals surface area contributed by atoms with E-state index < -0.39 is 0 Å². The van der Waals surface area contributed by atoms with Crippen molar-refractivity contribution >= 4 is 28.9 Å². The lowest BCUT2D eigenvalue weighted by Crippen LogP contribution is -2.38. The number of thiazole rings is 1. The average molecular weight is 452 g/mol. The summed E-state index contributed by atoms with van der Waals surface area (Å²) in [5.41, 5.74) is 1.84. The third-order valence-corrected chi connectivity index (χ3v) is 6.30. The number of nitrogens with zero attached hydrogens (tertiary/aromatic N) is 5. The van der Waals surface area contributed by atoms with Crippen molar-refractivity contribution in [1.82, 2.24) is 19.5 Å². The first-order valence-electron chi connectivity index (χ1n) is 10.8. The molecule has 2 N–H and O–H groups in total. The number of aromatic nitrogens is 4. The van der Waals surface area contributed by atoms with E-state index in [1.54, 1.807) is 4.57 Å². The number of carbonyl (C=O) groups excluding carboxylic acids is 1. The number of carbonyl (C=O) groups is 1. The zero-order valence-corrected chi connectivity index (χ0v) is 18.7. The van der Waals surface area contributed by atoms with Crippen LogP contribution in [0.25, 0.3) is 5.95 Å². The third-order valence-electron chi connectivity index (χ3n) is 5.49. The van der Waals surface area contributed by atoms with Crippen LogP contribution in [-0.2, 0) is 16.0 Å². The molecule has 2 fully saturated rings. The highest BCUT2D eigenvalue weighted by Gasteiger charge is 2.29. The molecule has 166 valence electrons. The molecule has 1 aromatic carbocycles. The molecule has 2 aromatic heterocycles. The quantitative estimate of drug-likeness (QED) is 0.595. The van der Waals surface area contributed by atoms with Gasteiger partial charge in [0.15, 0.2) is 4.80 Å². The van der Waals surface area contributed by atoms with Crippen LogP contribution >= 0.6 is 11.3 Å². The summed E-state index contributed by atoms with van der Waals surface area (Å²) in [6.45, 7) is 4.68. The lowest BCUT2D eigenvalue weighted by molar-refractivity contribution is -0.117. The minimum absolute atomic E-state index is 0.101. The Bertz CT molecular complexity index is 1180. The number of hydrogen-bond acceptors (Lipinski definition) is 8. The molecule has 0 spiro atoms. The number of nitrogens with one attached hydrogen (secondary N) is 2. The van der Waals surface area contributed by atoms with Crippen LogP contribution in [0.4, 0.5) is 11.6 Å². The molecule has 32 heavy (non-hydrogen) atoms. The minimum Gasteiger partial charge on any atom is -0.378 e. The molecule has 10 heteroatoms. The van der Waals surface area contributed by atoms with Gasteiger partial charge in [0.25, 0.3) is 0 Å². The molecule has 9 nitrogen and oxygen atoms in total. The van der Waals surface area contributed by atoms with Crippen molar-refractivity contribution in [2.24, 2.45) is 5.92 Å². The van der Waals surface area contributed by atoms with E-state index >= 15 is 0 Å². The lowest BCUT2D eigenvalue weighted by atomic mass is 10.1. The van der Waals surface area contributed by atoms with Gasteiger partial charge in [0.1, 0.15) is 5.82 Å². The SMILES string of the molecule is Cc1cn(-c2nc(Cc3ccc(NC(=O)C4CC4)cc3)nc(N3CCOCC3)n2)c(=N)s1. The molecular formula is C22H25N7O2S. The molecule has 3 heterocycles. The van der Waals surface area contributed by atoms with Gasteiger partial charge in [-0.3, -0.25) is 14.8 Å². The highest BCUT2D eigenvalue weighted by atomic mass is 32.1. The largest absolute Gasteiger partial charge is 0.378 e. The van der Waals surface area contributed by atoms with E-state index in [1.165, 1.54) is 11.3 Å². The van der Waals surface area contributed by atoms with Crippen LogP contribution in [0.1, 0.15) is 29.1 Å². The average Bonchev–Trinajstić information content (AvgIpc) is 3.59. The molecule has 1 saturated heterocycles. The molecule has 3 aromatic rings. The normalized spacial score (nSPS) is 16.2. The number of aryl methyl sites for hydroxylation is 1. The van der Waals surface area contributed by atoms with Gasteiger partial charge in [-0.15, -0.1) is 11.3 Å². The number of hydrogen-bond donors (Lipinski definition) is 2. The van der Waals surface area contributed by atoms with Crippen molar-refractivity contribution in [2.45, 2.75) is 26.2 Å². The van der Waals surface area contributed by atoms with Crippen LogP contribution in [0.2, 0.25) is 0 Å². The summed E-state index contributed by atoms with van der Waals surface area (Å²) in [6, 6.07) is 7.80. The molecule has 0 bridgehead atoms. The number of morpholine rings is 1. The van der Waals surface area contributed by atoms with E-state index in [1.807, 2.05) is 37.4 Å². The first kappa shape index (κ1) is 20.8. The van der Waals surface area contributed by atoms with E-state index in [4.69, 9.17) is 15.1 Å². The summed E-state index contributed by atoms with van der Waals surface area (Å²) in [5, 5.41) is 11.2. The Morgan fingerprint density at radius 2 is 1.88 bits per heavy atom. The Labute approximate surface area is 189 Å². The molecule has 1 saturated carbocycles. The van der Waals surface area contributed by atoms with Crippen molar-refractivity contribution in [2.75, 3.05) is 36.5 Å². The van der Waals surface area contributed by atoms with E-state index in [2.05, 4.69) is 20.2 Å². The fourth-order valence-corrected chi connectivity index (χ4v) is 4.28. The number of benzene rings is 1. The molecular weight excluding hydrogens is 426 g/mol. The van der Waals surface area contributed by atoms with Crippen molar-refractivity contribution in [3.63, 3.8) is 0 Å². The van der Waals surface area contributed by atoms with Gasteiger partial charge >= 0.3 is 0 Å². The lowest BCUT2D eigenvalue weighted by Gasteiger charge is -2.27. The van der Waals surface area contributed by atoms with Gasteiger partial charge in [0, 0.05) is 42.2 Å². The molecule has 0 unspecified atom stereocenters. The second kappa shape index (κ2) is 8.79.